The molecule has 3 rings (SSSR count). The average molecular weight is 493 g/mol. The van der Waals surface area contributed by atoms with E-state index in [-0.39, 0.29) is 26.7 Å². The Bertz CT molecular complexity index is 1190. The van der Waals surface area contributed by atoms with E-state index in [0.717, 1.165) is 9.87 Å². The highest BCUT2D eigenvalue weighted by Gasteiger charge is 2.29. The van der Waals surface area contributed by atoms with Crippen molar-refractivity contribution >= 4 is 44.8 Å². The number of nitrogens with one attached hydrogen (secondary N) is 1. The Kier molecular flexibility index (Phi) is 7.66. The first-order valence-corrected chi connectivity index (χ1v) is 11.9. The van der Waals surface area contributed by atoms with Crippen LogP contribution in [0.15, 0.2) is 77.7 Å². The highest BCUT2D eigenvalue weighted by atomic mass is 35.5. The zero-order valence-corrected chi connectivity index (χ0v) is 19.8. The lowest BCUT2D eigenvalue weighted by Gasteiger charge is -2.26. The van der Waals surface area contributed by atoms with Crippen molar-refractivity contribution in [3.05, 3.63) is 88.4 Å². The normalized spacial score (nSPS) is 12.1. The number of sulfonamides is 1. The minimum atomic E-state index is -4.09. The van der Waals surface area contributed by atoms with Crippen LogP contribution in [-0.4, -0.2) is 28.0 Å². The first-order chi connectivity index (χ1) is 15.2. The van der Waals surface area contributed by atoms with Gasteiger partial charge in [-0.2, -0.15) is 0 Å². The summed E-state index contributed by atoms with van der Waals surface area (Å²) in [7, 11) is -2.51. The maximum Gasteiger partial charge on any atom is 0.264 e. The number of carbonyl (C=O) groups is 1. The zero-order valence-electron chi connectivity index (χ0n) is 17.5. The molecule has 1 amide bonds. The number of anilines is 1. The van der Waals surface area contributed by atoms with Gasteiger partial charge in [-0.25, -0.2) is 8.42 Å². The summed E-state index contributed by atoms with van der Waals surface area (Å²) in [5, 5.41) is 3.06. The molecule has 0 saturated carbocycles. The Morgan fingerprint density at radius 3 is 2.28 bits per heavy atom. The molecule has 0 fully saturated rings. The minimum Gasteiger partial charge on any atom is -0.497 e. The molecule has 0 heterocycles. The number of halogens is 2. The van der Waals surface area contributed by atoms with Gasteiger partial charge in [0.05, 0.1) is 33.8 Å². The van der Waals surface area contributed by atoms with Crippen LogP contribution in [0.1, 0.15) is 18.5 Å². The number of hydrogen-bond donors (Lipinski definition) is 1. The number of amides is 1. The number of rotatable bonds is 8. The van der Waals surface area contributed by atoms with E-state index in [0.29, 0.717) is 5.75 Å². The van der Waals surface area contributed by atoms with Crippen molar-refractivity contribution in [2.24, 2.45) is 0 Å². The third kappa shape index (κ3) is 5.35. The molecule has 1 atom stereocenters. The summed E-state index contributed by atoms with van der Waals surface area (Å²) in [4.78, 5) is 12.9. The molecule has 3 aromatic carbocycles. The average Bonchev–Trinajstić information content (AvgIpc) is 2.80. The summed E-state index contributed by atoms with van der Waals surface area (Å²) in [5.41, 5.74) is 0.965. The van der Waals surface area contributed by atoms with Crippen molar-refractivity contribution in [3.63, 3.8) is 0 Å². The highest BCUT2D eigenvalue weighted by Crippen LogP contribution is 2.35. The van der Waals surface area contributed by atoms with E-state index in [4.69, 9.17) is 27.9 Å². The third-order valence-electron chi connectivity index (χ3n) is 4.81. The molecule has 168 valence electrons. The van der Waals surface area contributed by atoms with E-state index in [2.05, 4.69) is 5.32 Å². The smallest absolute Gasteiger partial charge is 0.264 e. The van der Waals surface area contributed by atoms with E-state index in [9.17, 15) is 13.2 Å². The second-order valence-electron chi connectivity index (χ2n) is 6.96. The van der Waals surface area contributed by atoms with Crippen LogP contribution in [0.2, 0.25) is 10.0 Å². The summed E-state index contributed by atoms with van der Waals surface area (Å²) in [5.74, 6) is 0.201. The van der Waals surface area contributed by atoms with Crippen LogP contribution in [0.25, 0.3) is 0 Å². The number of methoxy groups -OCH3 is 1. The SMILES string of the molecule is COc1ccc([C@@H](C)NC(=O)CN(c2cccc(Cl)c2Cl)S(=O)(=O)c2ccccc2)cc1. The van der Waals surface area contributed by atoms with Crippen LogP contribution in [0.4, 0.5) is 5.69 Å². The lowest BCUT2D eigenvalue weighted by molar-refractivity contribution is -0.120. The molecule has 6 nitrogen and oxygen atoms in total. The number of hydrogen-bond acceptors (Lipinski definition) is 4. The Labute approximate surface area is 197 Å². The predicted octanol–water partition coefficient (Wildman–Crippen LogP) is 5.07. The van der Waals surface area contributed by atoms with Crippen molar-refractivity contribution < 1.29 is 17.9 Å². The van der Waals surface area contributed by atoms with E-state index < -0.39 is 22.5 Å². The highest BCUT2D eigenvalue weighted by molar-refractivity contribution is 7.92. The molecular formula is C23H22Cl2N2O4S. The Morgan fingerprint density at radius 2 is 1.66 bits per heavy atom. The molecule has 0 radical (unpaired) electrons. The van der Waals surface area contributed by atoms with Crippen molar-refractivity contribution in [2.45, 2.75) is 17.9 Å². The summed E-state index contributed by atoms with van der Waals surface area (Å²) in [6.07, 6.45) is 0. The Morgan fingerprint density at radius 1 is 1.00 bits per heavy atom. The maximum atomic E-state index is 13.4. The molecule has 1 N–H and O–H groups in total. The lowest BCUT2D eigenvalue weighted by atomic mass is 10.1. The van der Waals surface area contributed by atoms with Gasteiger partial charge in [0, 0.05) is 0 Å². The molecule has 0 aliphatic heterocycles. The minimum absolute atomic E-state index is 0.0343. The van der Waals surface area contributed by atoms with Crippen LogP contribution in [0.3, 0.4) is 0 Å². The molecule has 0 bridgehead atoms. The van der Waals surface area contributed by atoms with Crippen LogP contribution < -0.4 is 14.4 Å². The Balaban J connectivity index is 1.90. The Hall–Kier alpha value is -2.74. The first-order valence-electron chi connectivity index (χ1n) is 9.69. The van der Waals surface area contributed by atoms with Crippen LogP contribution >= 0.6 is 23.2 Å². The van der Waals surface area contributed by atoms with E-state index in [1.54, 1.807) is 49.6 Å². The monoisotopic (exact) mass is 492 g/mol. The van der Waals surface area contributed by atoms with Gasteiger partial charge in [-0.3, -0.25) is 9.10 Å². The van der Waals surface area contributed by atoms with Crippen LogP contribution in [0.5, 0.6) is 5.75 Å². The third-order valence-corrected chi connectivity index (χ3v) is 7.39. The van der Waals surface area contributed by atoms with E-state index in [1.807, 2.05) is 19.1 Å². The fourth-order valence-corrected chi connectivity index (χ4v) is 5.00. The van der Waals surface area contributed by atoms with E-state index in [1.165, 1.54) is 18.2 Å². The molecule has 3 aromatic rings. The number of nitrogens with zero attached hydrogens (tertiary/aromatic N) is 1. The van der Waals surface area contributed by atoms with Gasteiger partial charge >= 0.3 is 0 Å². The summed E-state index contributed by atoms with van der Waals surface area (Å²) < 4.78 is 32.9. The second-order valence-corrected chi connectivity index (χ2v) is 9.61. The molecule has 0 unspecified atom stereocenters. The number of benzene rings is 3. The number of carbonyl (C=O) groups excluding carboxylic acids is 1. The summed E-state index contributed by atoms with van der Waals surface area (Å²) in [6.45, 7) is 1.33. The predicted molar refractivity (Wildman–Crippen MR) is 127 cm³/mol. The van der Waals surface area contributed by atoms with Gasteiger partial charge in [-0.1, -0.05) is 59.6 Å². The van der Waals surface area contributed by atoms with Gasteiger partial charge in [0.1, 0.15) is 12.3 Å². The molecule has 0 spiro atoms. The zero-order chi connectivity index (χ0) is 23.3. The van der Waals surface area contributed by atoms with Crippen LogP contribution in [0, 0.1) is 0 Å². The number of ether oxygens (including phenoxy) is 1. The van der Waals surface area contributed by atoms with Crippen molar-refractivity contribution in [1.29, 1.82) is 0 Å². The van der Waals surface area contributed by atoms with Gasteiger partial charge < -0.3 is 10.1 Å². The van der Waals surface area contributed by atoms with Crippen molar-refractivity contribution in [3.8, 4) is 5.75 Å². The molecular weight excluding hydrogens is 471 g/mol. The lowest BCUT2D eigenvalue weighted by Crippen LogP contribution is -2.41. The van der Waals surface area contributed by atoms with Gasteiger partial charge in [-0.05, 0) is 48.9 Å². The van der Waals surface area contributed by atoms with Gasteiger partial charge in [0.25, 0.3) is 10.0 Å². The molecule has 0 aliphatic carbocycles. The van der Waals surface area contributed by atoms with Crippen molar-refractivity contribution in [1.82, 2.24) is 5.32 Å². The molecule has 0 aliphatic rings. The maximum absolute atomic E-state index is 13.4. The van der Waals surface area contributed by atoms with Gasteiger partial charge in [0.15, 0.2) is 0 Å². The molecule has 0 aromatic heterocycles. The molecule has 0 saturated heterocycles. The first kappa shape index (κ1) is 23.9. The second kappa shape index (κ2) is 10.3. The van der Waals surface area contributed by atoms with E-state index >= 15 is 0 Å². The molecule has 9 heteroatoms. The van der Waals surface area contributed by atoms with Gasteiger partial charge in [0.2, 0.25) is 5.91 Å². The molecule has 32 heavy (non-hydrogen) atoms. The fraction of sp³-hybridized carbons (Fsp3) is 0.174. The standard InChI is InChI=1S/C23H22Cl2N2O4S/c1-16(17-11-13-18(31-2)14-12-17)26-22(28)15-27(21-10-6-9-20(24)23(21)25)32(29,30)19-7-4-3-5-8-19/h3-14,16H,15H2,1-2H3,(H,26,28)/t16-/m1/s1. The fourth-order valence-electron chi connectivity index (χ4n) is 3.10. The quantitative estimate of drug-likeness (QED) is 0.475. The van der Waals surface area contributed by atoms with Gasteiger partial charge in [-0.15, -0.1) is 0 Å². The largest absolute Gasteiger partial charge is 0.497 e. The summed E-state index contributed by atoms with van der Waals surface area (Å²) >= 11 is 12.4. The topological polar surface area (TPSA) is 75.7 Å². The van der Waals surface area contributed by atoms with Crippen molar-refractivity contribution in [2.75, 3.05) is 18.0 Å². The van der Waals surface area contributed by atoms with Crippen LogP contribution in [-0.2, 0) is 14.8 Å². The summed E-state index contributed by atoms with van der Waals surface area (Å²) in [6, 6.07) is 19.3.